The number of hydrogen-bond donors (Lipinski definition) is 4. The first-order valence-electron chi connectivity index (χ1n) is 9.76. The highest BCUT2D eigenvalue weighted by molar-refractivity contribution is 8.16. The zero-order valence-corrected chi connectivity index (χ0v) is 17.3. The number of amides is 1. The van der Waals surface area contributed by atoms with Crippen LogP contribution < -0.4 is 21.7 Å². The minimum Gasteiger partial charge on any atom is -0.397 e. The first-order valence-corrected chi connectivity index (χ1v) is 11.1. The van der Waals surface area contributed by atoms with Crippen LogP contribution >= 0.6 is 24.0 Å². The van der Waals surface area contributed by atoms with Gasteiger partial charge in [-0.05, 0) is 56.7 Å². The van der Waals surface area contributed by atoms with Crippen molar-refractivity contribution in [1.29, 1.82) is 0 Å². The molecule has 2 unspecified atom stereocenters. The van der Waals surface area contributed by atoms with Crippen molar-refractivity contribution in [2.24, 2.45) is 4.99 Å². The lowest BCUT2D eigenvalue weighted by Crippen LogP contribution is -2.53. The van der Waals surface area contributed by atoms with E-state index in [1.165, 1.54) is 0 Å². The lowest BCUT2D eigenvalue weighted by atomic mass is 10.1. The van der Waals surface area contributed by atoms with Gasteiger partial charge in [-0.3, -0.25) is 9.79 Å². The molecule has 150 valence electrons. The molecule has 4 rings (SSSR count). The third-order valence-corrected chi connectivity index (χ3v) is 7.08. The number of anilines is 2. The summed E-state index contributed by atoms with van der Waals surface area (Å²) in [5, 5.41) is 11.4. The maximum Gasteiger partial charge on any atom is 0.280 e. The fourth-order valence-electron chi connectivity index (χ4n) is 3.81. The van der Waals surface area contributed by atoms with Crippen molar-refractivity contribution in [2.45, 2.75) is 36.6 Å². The predicted molar refractivity (Wildman–Crippen MR) is 120 cm³/mol. The molecule has 3 aliphatic heterocycles. The summed E-state index contributed by atoms with van der Waals surface area (Å²) in [4.78, 5) is 19.5. The molecule has 28 heavy (non-hydrogen) atoms. The number of nitrogens with two attached hydrogens (primary N) is 1. The number of aliphatic imine (C=N–C) groups is 1. The Morgan fingerprint density at radius 1 is 1.29 bits per heavy atom. The van der Waals surface area contributed by atoms with Crippen LogP contribution in [-0.2, 0) is 4.79 Å². The lowest BCUT2D eigenvalue weighted by Gasteiger charge is -2.37. The van der Waals surface area contributed by atoms with E-state index in [-0.39, 0.29) is 17.2 Å². The van der Waals surface area contributed by atoms with Gasteiger partial charge >= 0.3 is 0 Å². The average molecular weight is 419 g/mol. The molecule has 0 spiro atoms. The summed E-state index contributed by atoms with van der Waals surface area (Å²) in [6, 6.07) is 7.90. The van der Waals surface area contributed by atoms with E-state index in [4.69, 9.17) is 18.0 Å². The number of fused-ring (bicyclic) bond motifs is 1. The number of para-hydroxylation sites is 2. The van der Waals surface area contributed by atoms with E-state index < -0.39 is 0 Å². The fourth-order valence-corrected chi connectivity index (χ4v) is 5.39. The van der Waals surface area contributed by atoms with Crippen molar-refractivity contribution in [3.8, 4) is 0 Å². The molecule has 2 fully saturated rings. The largest absolute Gasteiger partial charge is 0.397 e. The molecule has 1 aromatic carbocycles. The molecule has 1 aromatic rings. The highest BCUT2D eigenvalue weighted by atomic mass is 32.2. The number of rotatable bonds is 3. The molecular weight excluding hydrogens is 392 g/mol. The highest BCUT2D eigenvalue weighted by Gasteiger charge is 2.38. The second-order valence-electron chi connectivity index (χ2n) is 7.41. The van der Waals surface area contributed by atoms with Crippen LogP contribution in [0.3, 0.4) is 0 Å². The molecule has 7 nitrogen and oxygen atoms in total. The van der Waals surface area contributed by atoms with Gasteiger partial charge in [0.1, 0.15) is 0 Å². The van der Waals surface area contributed by atoms with Gasteiger partial charge in [0.05, 0.1) is 22.7 Å². The number of benzene rings is 1. The Kier molecular flexibility index (Phi) is 6.03. The normalized spacial score (nSPS) is 25.0. The van der Waals surface area contributed by atoms with Gasteiger partial charge in [-0.15, -0.1) is 0 Å². The predicted octanol–water partition coefficient (Wildman–Crippen LogP) is 1.42. The number of thioether (sulfide) groups is 1. The summed E-state index contributed by atoms with van der Waals surface area (Å²) < 4.78 is 0. The van der Waals surface area contributed by atoms with Gasteiger partial charge in [-0.25, -0.2) is 0 Å². The smallest absolute Gasteiger partial charge is 0.280 e. The molecular formula is C19H26N6OS2. The molecule has 2 saturated heterocycles. The molecule has 0 aliphatic carbocycles. The quantitative estimate of drug-likeness (QED) is 0.436. The van der Waals surface area contributed by atoms with Crippen molar-refractivity contribution >= 4 is 51.4 Å². The molecule has 3 aliphatic rings. The van der Waals surface area contributed by atoms with Gasteiger partial charge in [0, 0.05) is 19.1 Å². The molecule has 1 amide bonds. The Bertz CT molecular complexity index is 779. The fraction of sp³-hybridized carbons (Fsp3) is 0.526. The van der Waals surface area contributed by atoms with E-state index in [0.29, 0.717) is 22.5 Å². The van der Waals surface area contributed by atoms with Crippen molar-refractivity contribution < 1.29 is 4.79 Å². The molecule has 0 saturated carbocycles. The number of nitrogens with one attached hydrogen (secondary N) is 3. The maximum atomic E-state index is 12.6. The van der Waals surface area contributed by atoms with E-state index >= 15 is 0 Å². The topological polar surface area (TPSA) is 94.8 Å². The van der Waals surface area contributed by atoms with E-state index in [1.54, 1.807) is 23.9 Å². The molecule has 3 heterocycles. The molecule has 2 atom stereocenters. The van der Waals surface area contributed by atoms with Crippen LogP contribution in [0.2, 0.25) is 0 Å². The molecule has 9 heteroatoms. The van der Waals surface area contributed by atoms with Crippen molar-refractivity contribution in [3.63, 3.8) is 0 Å². The van der Waals surface area contributed by atoms with Gasteiger partial charge < -0.3 is 26.6 Å². The van der Waals surface area contributed by atoms with Crippen LogP contribution in [-0.4, -0.2) is 64.5 Å². The number of piperidine rings is 2. The van der Waals surface area contributed by atoms with E-state index in [0.717, 1.165) is 50.6 Å². The highest BCUT2D eigenvalue weighted by Crippen LogP contribution is 2.33. The standard InChI is InChI=1S/C19H26N6OS2/c20-13-3-1-2-4-14(13)23-17(26)18-24-15-7-10-25(11-16(15)28-18)19(27)22-12-5-8-21-9-6-12/h1-4,12,15-16,21H,5-11,20H2,(H,22,27)(H,23,26). The van der Waals surface area contributed by atoms with E-state index in [2.05, 4.69) is 25.8 Å². The maximum absolute atomic E-state index is 12.6. The lowest BCUT2D eigenvalue weighted by molar-refractivity contribution is -0.110. The van der Waals surface area contributed by atoms with Crippen molar-refractivity contribution in [3.05, 3.63) is 24.3 Å². The van der Waals surface area contributed by atoms with E-state index in [9.17, 15) is 4.79 Å². The first kappa shape index (κ1) is 19.5. The van der Waals surface area contributed by atoms with Gasteiger partial charge in [0.15, 0.2) is 10.2 Å². The Balaban J connectivity index is 1.31. The molecule has 5 N–H and O–H groups in total. The SMILES string of the molecule is Nc1ccccc1NC(=O)C1=NC2CCN(C(=S)NC3CCNCC3)CC2S1. The number of likely N-dealkylation sites (tertiary alicyclic amines) is 1. The van der Waals surface area contributed by atoms with Crippen LogP contribution in [0.15, 0.2) is 29.3 Å². The van der Waals surface area contributed by atoms with Crippen molar-refractivity contribution in [1.82, 2.24) is 15.5 Å². The minimum absolute atomic E-state index is 0.178. The van der Waals surface area contributed by atoms with Gasteiger partial charge in [-0.1, -0.05) is 23.9 Å². The number of thiocarbonyl (C=S) groups is 1. The third kappa shape index (κ3) is 4.42. The molecule has 0 bridgehead atoms. The van der Waals surface area contributed by atoms with Crippen LogP contribution in [0.5, 0.6) is 0 Å². The second kappa shape index (κ2) is 8.67. The summed E-state index contributed by atoms with van der Waals surface area (Å²) in [5.74, 6) is -0.181. The Morgan fingerprint density at radius 2 is 2.07 bits per heavy atom. The first-order chi connectivity index (χ1) is 13.6. The Hall–Kier alpha value is -1.84. The average Bonchev–Trinajstić information content (AvgIpc) is 3.14. The Labute approximate surface area is 174 Å². The molecule has 0 aromatic heterocycles. The van der Waals surface area contributed by atoms with Crippen LogP contribution in [0.1, 0.15) is 19.3 Å². The number of nitrogen functional groups attached to an aromatic ring is 1. The van der Waals surface area contributed by atoms with Crippen LogP contribution in [0.25, 0.3) is 0 Å². The monoisotopic (exact) mass is 418 g/mol. The summed E-state index contributed by atoms with van der Waals surface area (Å²) >= 11 is 7.20. The number of nitrogens with zero attached hydrogens (tertiary/aromatic N) is 2. The zero-order chi connectivity index (χ0) is 19.5. The van der Waals surface area contributed by atoms with Gasteiger partial charge in [0.2, 0.25) is 0 Å². The van der Waals surface area contributed by atoms with Crippen LogP contribution in [0.4, 0.5) is 11.4 Å². The summed E-state index contributed by atoms with van der Waals surface area (Å²) in [6.07, 6.45) is 3.12. The third-order valence-electron chi connectivity index (χ3n) is 5.43. The summed E-state index contributed by atoms with van der Waals surface area (Å²) in [5.41, 5.74) is 7.10. The van der Waals surface area contributed by atoms with Crippen molar-refractivity contribution in [2.75, 3.05) is 37.2 Å². The Morgan fingerprint density at radius 3 is 2.86 bits per heavy atom. The van der Waals surface area contributed by atoms with Gasteiger partial charge in [0.25, 0.3) is 5.91 Å². The second-order valence-corrected chi connectivity index (χ2v) is 9.02. The number of carbonyl (C=O) groups is 1. The minimum atomic E-state index is -0.181. The number of hydrogen-bond acceptors (Lipinski definition) is 6. The number of carbonyl (C=O) groups excluding carboxylic acids is 1. The summed E-state index contributed by atoms with van der Waals surface area (Å²) in [6.45, 7) is 3.78. The summed E-state index contributed by atoms with van der Waals surface area (Å²) in [7, 11) is 0. The molecule has 0 radical (unpaired) electrons. The van der Waals surface area contributed by atoms with Crippen LogP contribution in [0, 0.1) is 0 Å². The van der Waals surface area contributed by atoms with E-state index in [1.807, 2.05) is 12.1 Å². The van der Waals surface area contributed by atoms with Gasteiger partial charge in [-0.2, -0.15) is 0 Å². The zero-order valence-electron chi connectivity index (χ0n) is 15.7.